The summed E-state index contributed by atoms with van der Waals surface area (Å²) in [6.07, 6.45) is 3.55. The Bertz CT molecular complexity index is 964. The minimum absolute atomic E-state index is 0.122. The van der Waals surface area contributed by atoms with Gasteiger partial charge in [0.1, 0.15) is 16.7 Å². The Morgan fingerprint density at radius 2 is 2.28 bits per heavy atom. The predicted octanol–water partition coefficient (Wildman–Crippen LogP) is 1.45. The first kappa shape index (κ1) is 14.5. The van der Waals surface area contributed by atoms with Crippen molar-refractivity contribution in [2.75, 3.05) is 6.54 Å². The third kappa shape index (κ3) is 1.89. The van der Waals surface area contributed by atoms with Gasteiger partial charge in [-0.3, -0.25) is 4.79 Å². The van der Waals surface area contributed by atoms with Crippen LogP contribution in [0.15, 0.2) is 16.5 Å². The molecule has 4 heterocycles. The fourth-order valence-corrected chi connectivity index (χ4v) is 4.09. The van der Waals surface area contributed by atoms with Gasteiger partial charge in [0.25, 0.3) is 5.91 Å². The number of nitrogens with zero attached hydrogens (tertiary/aromatic N) is 6. The van der Waals surface area contributed by atoms with E-state index in [1.165, 1.54) is 0 Å². The van der Waals surface area contributed by atoms with Gasteiger partial charge in [0.05, 0.1) is 0 Å². The van der Waals surface area contributed by atoms with Crippen molar-refractivity contribution >= 4 is 17.1 Å². The second-order valence-corrected chi connectivity index (χ2v) is 6.62. The van der Waals surface area contributed by atoms with E-state index in [9.17, 15) is 4.79 Å². The van der Waals surface area contributed by atoms with Gasteiger partial charge in [0, 0.05) is 13.0 Å². The van der Waals surface area contributed by atoms with Crippen molar-refractivity contribution in [3.05, 3.63) is 29.6 Å². The molecule has 3 aromatic heterocycles. The van der Waals surface area contributed by atoms with Crippen LogP contribution in [0.3, 0.4) is 0 Å². The first-order chi connectivity index (χ1) is 12.2. The number of aromatic nitrogens is 6. The predicted molar refractivity (Wildman–Crippen MR) is 85.4 cm³/mol. The molecule has 1 aliphatic carbocycles. The minimum Gasteiger partial charge on any atom is -0.423 e. The van der Waals surface area contributed by atoms with Crippen molar-refractivity contribution in [2.45, 2.75) is 38.1 Å². The summed E-state index contributed by atoms with van der Waals surface area (Å²) in [5.74, 6) is 1.42. The van der Waals surface area contributed by atoms with Crippen LogP contribution in [0.1, 0.15) is 48.5 Å². The summed E-state index contributed by atoms with van der Waals surface area (Å²) in [6.45, 7) is 2.65. The van der Waals surface area contributed by atoms with E-state index in [0.29, 0.717) is 47.5 Å². The minimum atomic E-state index is -0.474. The summed E-state index contributed by atoms with van der Waals surface area (Å²) < 4.78 is 5.85. The largest absolute Gasteiger partial charge is 0.423 e. The Labute approximate surface area is 142 Å². The zero-order chi connectivity index (χ0) is 17.0. The molecule has 1 amide bonds. The van der Waals surface area contributed by atoms with Crippen LogP contribution in [0.2, 0.25) is 0 Å². The molecule has 0 spiro atoms. The molecule has 1 saturated carbocycles. The van der Waals surface area contributed by atoms with Gasteiger partial charge in [0.2, 0.25) is 17.4 Å². The molecule has 1 aliphatic heterocycles. The maximum absolute atomic E-state index is 13.2. The van der Waals surface area contributed by atoms with Crippen LogP contribution in [-0.2, 0) is 12.0 Å². The quantitative estimate of drug-likeness (QED) is 0.768. The summed E-state index contributed by atoms with van der Waals surface area (Å²) in [5, 5.41) is 18.8. The second-order valence-electron chi connectivity index (χ2n) is 6.62. The molecule has 25 heavy (non-hydrogen) atoms. The molecule has 3 aromatic rings. The lowest BCUT2D eigenvalue weighted by molar-refractivity contribution is -0.00390. The Morgan fingerprint density at radius 3 is 3.04 bits per heavy atom. The lowest BCUT2D eigenvalue weighted by atomic mass is 9.67. The summed E-state index contributed by atoms with van der Waals surface area (Å²) in [5.41, 5.74) is 0.968. The molecule has 5 rings (SSSR count). The highest BCUT2D eigenvalue weighted by molar-refractivity contribution is 5.94. The second kappa shape index (κ2) is 5.08. The van der Waals surface area contributed by atoms with Crippen molar-refractivity contribution in [3.8, 4) is 0 Å². The molecule has 2 atom stereocenters. The van der Waals surface area contributed by atoms with E-state index in [1.54, 1.807) is 12.1 Å². The number of aryl methyl sites for hydroxylation is 1. The molecular formula is C16H17N7O2. The first-order valence-electron chi connectivity index (χ1n) is 8.54. The summed E-state index contributed by atoms with van der Waals surface area (Å²) >= 11 is 0. The fourth-order valence-electron chi connectivity index (χ4n) is 4.09. The van der Waals surface area contributed by atoms with Crippen LogP contribution in [-0.4, -0.2) is 47.9 Å². The molecule has 0 radical (unpaired) electrons. The van der Waals surface area contributed by atoms with Crippen LogP contribution >= 0.6 is 0 Å². The topological polar surface area (TPSA) is 114 Å². The van der Waals surface area contributed by atoms with E-state index >= 15 is 0 Å². The highest BCUT2D eigenvalue weighted by atomic mass is 16.4. The summed E-state index contributed by atoms with van der Waals surface area (Å²) in [7, 11) is 0. The molecule has 1 saturated heterocycles. The van der Waals surface area contributed by atoms with Crippen molar-refractivity contribution in [2.24, 2.45) is 5.92 Å². The zero-order valence-corrected chi connectivity index (χ0v) is 13.8. The van der Waals surface area contributed by atoms with Gasteiger partial charge < -0.3 is 9.32 Å². The van der Waals surface area contributed by atoms with E-state index in [2.05, 4.69) is 30.6 Å². The number of fused-ring (bicyclic) bond motifs is 2. The number of aromatic amines is 1. The van der Waals surface area contributed by atoms with E-state index in [0.717, 1.165) is 19.3 Å². The number of hydrogen-bond donors (Lipinski definition) is 1. The number of hydrogen-bond acceptors (Lipinski definition) is 7. The van der Waals surface area contributed by atoms with Crippen LogP contribution in [0.4, 0.5) is 0 Å². The molecule has 9 heteroatoms. The average Bonchev–Trinajstić information content (AvgIpc) is 3.32. The number of H-pyrrole nitrogens is 1. The van der Waals surface area contributed by atoms with Gasteiger partial charge in [-0.2, -0.15) is 10.3 Å². The van der Waals surface area contributed by atoms with E-state index in [-0.39, 0.29) is 5.91 Å². The lowest BCUT2D eigenvalue weighted by Crippen LogP contribution is -2.54. The van der Waals surface area contributed by atoms with Gasteiger partial charge in [-0.1, -0.05) is 6.92 Å². The molecular weight excluding hydrogens is 322 g/mol. The summed E-state index contributed by atoms with van der Waals surface area (Å²) in [6, 6.07) is 3.44. The normalized spacial score (nSPS) is 25.2. The highest BCUT2D eigenvalue weighted by Crippen LogP contribution is 2.56. The molecule has 0 aromatic carbocycles. The number of carbonyl (C=O) groups excluding carboxylic acids is 1. The van der Waals surface area contributed by atoms with E-state index in [1.807, 2.05) is 11.8 Å². The molecule has 0 unspecified atom stereocenters. The van der Waals surface area contributed by atoms with Crippen LogP contribution in [0.25, 0.3) is 11.2 Å². The van der Waals surface area contributed by atoms with Gasteiger partial charge in [0.15, 0.2) is 0 Å². The van der Waals surface area contributed by atoms with E-state index in [4.69, 9.17) is 4.42 Å². The maximum Gasteiger partial charge on any atom is 0.273 e. The zero-order valence-electron chi connectivity index (χ0n) is 13.8. The highest BCUT2D eigenvalue weighted by Gasteiger charge is 2.61. The van der Waals surface area contributed by atoms with Gasteiger partial charge in [-0.15, -0.1) is 15.3 Å². The third-order valence-corrected chi connectivity index (χ3v) is 5.52. The molecule has 9 nitrogen and oxygen atoms in total. The third-order valence-electron chi connectivity index (χ3n) is 5.52. The summed E-state index contributed by atoms with van der Waals surface area (Å²) in [4.78, 5) is 19.4. The number of carbonyl (C=O) groups is 1. The first-order valence-corrected chi connectivity index (χ1v) is 8.54. The number of nitrogens with one attached hydrogen (secondary N) is 1. The van der Waals surface area contributed by atoms with Crippen molar-refractivity contribution < 1.29 is 9.21 Å². The molecule has 0 bridgehead atoms. The number of amides is 1. The lowest BCUT2D eigenvalue weighted by Gasteiger charge is -2.46. The van der Waals surface area contributed by atoms with Crippen LogP contribution in [0.5, 0.6) is 0 Å². The standard InChI is InChI=1S/C16H17N7O2/c1-2-12-19-21-15(25-12)16-7-5-9(16)6-8-23(16)14(24)11-4-3-10-13(17-11)20-22-18-10/h3-4,9H,2,5-8H2,1H3,(H,17,18,20,22)/t9-,16-/m0/s1. The molecule has 128 valence electrons. The monoisotopic (exact) mass is 339 g/mol. The van der Waals surface area contributed by atoms with Crippen LogP contribution < -0.4 is 0 Å². The molecule has 2 fully saturated rings. The Kier molecular flexibility index (Phi) is 2.94. The van der Waals surface area contributed by atoms with Crippen molar-refractivity contribution in [1.29, 1.82) is 0 Å². The van der Waals surface area contributed by atoms with Crippen molar-refractivity contribution in [3.63, 3.8) is 0 Å². The number of likely N-dealkylation sites (tertiary alicyclic amines) is 1. The van der Waals surface area contributed by atoms with Crippen LogP contribution in [0, 0.1) is 5.92 Å². The van der Waals surface area contributed by atoms with E-state index < -0.39 is 5.54 Å². The van der Waals surface area contributed by atoms with Gasteiger partial charge >= 0.3 is 0 Å². The fraction of sp³-hybridized carbons (Fsp3) is 0.500. The molecule has 2 aliphatic rings. The maximum atomic E-state index is 13.2. The average molecular weight is 339 g/mol. The number of rotatable bonds is 3. The van der Waals surface area contributed by atoms with Gasteiger partial charge in [-0.05, 0) is 37.3 Å². The van der Waals surface area contributed by atoms with Crippen molar-refractivity contribution in [1.82, 2.24) is 35.5 Å². The Balaban J connectivity index is 1.54. The number of pyridine rings is 1. The smallest absolute Gasteiger partial charge is 0.273 e. The van der Waals surface area contributed by atoms with Gasteiger partial charge in [-0.25, -0.2) is 4.98 Å². The SMILES string of the molecule is CCc1nnc([C@]23CC[C@H]2CCN3C(=O)c2ccc3n[nH]nc3n2)o1. The molecule has 1 N–H and O–H groups in total. The Morgan fingerprint density at radius 1 is 1.36 bits per heavy atom. The Hall–Kier alpha value is -2.84.